The molecule has 1 heterocycles. The van der Waals surface area contributed by atoms with Crippen LogP contribution in [0.2, 0.25) is 0 Å². The van der Waals surface area contributed by atoms with Crippen molar-refractivity contribution in [3.05, 3.63) is 34.3 Å². The fourth-order valence-electron chi connectivity index (χ4n) is 2.66. The van der Waals surface area contributed by atoms with Crippen LogP contribution in [0, 0.1) is 0 Å². The van der Waals surface area contributed by atoms with Gasteiger partial charge >= 0.3 is 0 Å². The SMILES string of the molecule is CCC1CCCCN1C(=O)Cc1ccccc1Br. The maximum atomic E-state index is 12.4. The van der Waals surface area contributed by atoms with Gasteiger partial charge in [-0.2, -0.15) is 0 Å². The van der Waals surface area contributed by atoms with E-state index in [1.54, 1.807) is 0 Å². The van der Waals surface area contributed by atoms with Crippen molar-refractivity contribution >= 4 is 21.8 Å². The maximum Gasteiger partial charge on any atom is 0.227 e. The Morgan fingerprint density at radius 2 is 2.17 bits per heavy atom. The van der Waals surface area contributed by atoms with Crippen LogP contribution in [0.5, 0.6) is 0 Å². The van der Waals surface area contributed by atoms with Gasteiger partial charge in [0, 0.05) is 17.1 Å². The summed E-state index contributed by atoms with van der Waals surface area (Å²) in [5.74, 6) is 0.272. The fraction of sp³-hybridized carbons (Fsp3) is 0.533. The van der Waals surface area contributed by atoms with Gasteiger partial charge in [-0.05, 0) is 37.3 Å². The number of piperidine rings is 1. The van der Waals surface area contributed by atoms with Crippen LogP contribution in [0.3, 0.4) is 0 Å². The van der Waals surface area contributed by atoms with E-state index in [0.29, 0.717) is 12.5 Å². The molecule has 0 spiro atoms. The Morgan fingerprint density at radius 3 is 2.89 bits per heavy atom. The van der Waals surface area contributed by atoms with E-state index in [-0.39, 0.29) is 5.91 Å². The van der Waals surface area contributed by atoms with Gasteiger partial charge in [0.15, 0.2) is 0 Å². The predicted octanol–water partition coefficient (Wildman–Crippen LogP) is 3.78. The van der Waals surface area contributed by atoms with Gasteiger partial charge < -0.3 is 4.90 Å². The molecule has 1 aliphatic rings. The van der Waals surface area contributed by atoms with Crippen molar-refractivity contribution in [3.8, 4) is 0 Å². The van der Waals surface area contributed by atoms with Gasteiger partial charge in [-0.15, -0.1) is 0 Å². The molecule has 0 aromatic heterocycles. The van der Waals surface area contributed by atoms with E-state index in [2.05, 4.69) is 27.8 Å². The minimum absolute atomic E-state index is 0.272. The second kappa shape index (κ2) is 6.37. The highest BCUT2D eigenvalue weighted by atomic mass is 79.9. The Kier molecular flexibility index (Phi) is 4.81. The van der Waals surface area contributed by atoms with Crippen LogP contribution in [-0.2, 0) is 11.2 Å². The van der Waals surface area contributed by atoms with Crippen molar-refractivity contribution in [1.82, 2.24) is 4.90 Å². The van der Waals surface area contributed by atoms with E-state index < -0.39 is 0 Å². The van der Waals surface area contributed by atoms with Crippen molar-refractivity contribution in [1.29, 1.82) is 0 Å². The van der Waals surface area contributed by atoms with Gasteiger partial charge in [-0.25, -0.2) is 0 Å². The average Bonchev–Trinajstić information content (AvgIpc) is 2.41. The summed E-state index contributed by atoms with van der Waals surface area (Å²) in [5, 5.41) is 0. The lowest BCUT2D eigenvalue weighted by molar-refractivity contribution is -0.134. The highest BCUT2D eigenvalue weighted by Gasteiger charge is 2.25. The molecule has 1 aliphatic heterocycles. The average molecular weight is 310 g/mol. The summed E-state index contributed by atoms with van der Waals surface area (Å²) in [6.45, 7) is 3.11. The lowest BCUT2D eigenvalue weighted by Crippen LogP contribution is -2.44. The first-order chi connectivity index (χ1) is 8.72. The number of carbonyl (C=O) groups is 1. The molecular formula is C15H20BrNO. The molecule has 0 bridgehead atoms. The molecular weight excluding hydrogens is 290 g/mol. The number of halogens is 1. The van der Waals surface area contributed by atoms with Crippen molar-refractivity contribution in [2.24, 2.45) is 0 Å². The van der Waals surface area contributed by atoms with E-state index in [1.807, 2.05) is 24.3 Å². The molecule has 1 aromatic carbocycles. The third-order valence-corrected chi connectivity index (χ3v) is 4.49. The van der Waals surface area contributed by atoms with Gasteiger partial charge in [-0.1, -0.05) is 41.1 Å². The number of rotatable bonds is 3. The van der Waals surface area contributed by atoms with Crippen molar-refractivity contribution in [2.45, 2.75) is 45.1 Å². The second-order valence-electron chi connectivity index (χ2n) is 4.91. The molecule has 0 N–H and O–H groups in total. The highest BCUT2D eigenvalue weighted by molar-refractivity contribution is 9.10. The molecule has 1 fully saturated rings. The first-order valence-electron chi connectivity index (χ1n) is 6.75. The Hall–Kier alpha value is -0.830. The monoisotopic (exact) mass is 309 g/mol. The smallest absolute Gasteiger partial charge is 0.227 e. The van der Waals surface area contributed by atoms with E-state index in [1.165, 1.54) is 6.42 Å². The number of hydrogen-bond donors (Lipinski definition) is 0. The van der Waals surface area contributed by atoms with E-state index >= 15 is 0 Å². The van der Waals surface area contributed by atoms with Crippen LogP contribution in [-0.4, -0.2) is 23.4 Å². The quantitative estimate of drug-likeness (QED) is 0.832. The number of carbonyl (C=O) groups excluding carboxylic acids is 1. The zero-order valence-electron chi connectivity index (χ0n) is 10.9. The summed E-state index contributed by atoms with van der Waals surface area (Å²) in [4.78, 5) is 14.5. The minimum atomic E-state index is 0.272. The van der Waals surface area contributed by atoms with Crippen molar-refractivity contribution in [3.63, 3.8) is 0 Å². The zero-order valence-corrected chi connectivity index (χ0v) is 12.4. The lowest BCUT2D eigenvalue weighted by Gasteiger charge is -2.35. The van der Waals surface area contributed by atoms with Crippen LogP contribution in [0.1, 0.15) is 38.2 Å². The molecule has 18 heavy (non-hydrogen) atoms. The molecule has 1 atom stereocenters. The standard InChI is InChI=1S/C15H20BrNO/c1-2-13-8-5-6-10-17(13)15(18)11-12-7-3-4-9-14(12)16/h3-4,7,9,13H,2,5-6,8,10-11H2,1H3. The fourth-order valence-corrected chi connectivity index (χ4v) is 3.08. The number of likely N-dealkylation sites (tertiary alicyclic amines) is 1. The van der Waals surface area contributed by atoms with Crippen LogP contribution in [0.15, 0.2) is 28.7 Å². The van der Waals surface area contributed by atoms with Gasteiger partial charge in [0.1, 0.15) is 0 Å². The van der Waals surface area contributed by atoms with Crippen LogP contribution in [0.4, 0.5) is 0 Å². The predicted molar refractivity (Wildman–Crippen MR) is 77.5 cm³/mol. The summed E-state index contributed by atoms with van der Waals surface area (Å²) in [7, 11) is 0. The topological polar surface area (TPSA) is 20.3 Å². The lowest BCUT2D eigenvalue weighted by atomic mass is 9.99. The van der Waals surface area contributed by atoms with E-state index in [4.69, 9.17) is 0 Å². The van der Waals surface area contributed by atoms with Crippen molar-refractivity contribution < 1.29 is 4.79 Å². The largest absolute Gasteiger partial charge is 0.339 e. The van der Waals surface area contributed by atoms with Gasteiger partial charge in [0.2, 0.25) is 5.91 Å². The van der Waals surface area contributed by atoms with Gasteiger partial charge in [0.05, 0.1) is 6.42 Å². The Balaban J connectivity index is 2.05. The molecule has 0 radical (unpaired) electrons. The molecule has 0 saturated carbocycles. The Labute approximate surface area is 117 Å². The molecule has 3 heteroatoms. The summed E-state index contributed by atoms with van der Waals surface area (Å²) in [6, 6.07) is 8.44. The maximum absolute atomic E-state index is 12.4. The molecule has 98 valence electrons. The zero-order chi connectivity index (χ0) is 13.0. The van der Waals surface area contributed by atoms with Crippen LogP contribution in [0.25, 0.3) is 0 Å². The molecule has 2 rings (SSSR count). The van der Waals surface area contributed by atoms with Crippen molar-refractivity contribution in [2.75, 3.05) is 6.54 Å². The molecule has 1 saturated heterocycles. The Morgan fingerprint density at radius 1 is 1.39 bits per heavy atom. The molecule has 1 amide bonds. The van der Waals surface area contributed by atoms with E-state index in [9.17, 15) is 4.79 Å². The third kappa shape index (κ3) is 3.14. The first-order valence-corrected chi connectivity index (χ1v) is 7.54. The Bertz CT molecular complexity index is 419. The van der Waals surface area contributed by atoms with Crippen LogP contribution < -0.4 is 0 Å². The molecule has 2 nitrogen and oxygen atoms in total. The molecule has 1 aromatic rings. The van der Waals surface area contributed by atoms with Crippen LogP contribution >= 0.6 is 15.9 Å². The second-order valence-corrected chi connectivity index (χ2v) is 5.77. The van der Waals surface area contributed by atoms with E-state index in [0.717, 1.165) is 35.8 Å². The summed E-state index contributed by atoms with van der Waals surface area (Å²) in [6.07, 6.45) is 5.16. The summed E-state index contributed by atoms with van der Waals surface area (Å²) >= 11 is 3.51. The minimum Gasteiger partial charge on any atom is -0.339 e. The highest BCUT2D eigenvalue weighted by Crippen LogP contribution is 2.22. The molecule has 1 unspecified atom stereocenters. The third-order valence-electron chi connectivity index (χ3n) is 3.72. The number of benzene rings is 1. The first kappa shape index (κ1) is 13.6. The number of amides is 1. The number of nitrogens with zero attached hydrogens (tertiary/aromatic N) is 1. The summed E-state index contributed by atoms with van der Waals surface area (Å²) < 4.78 is 1.03. The van der Waals surface area contributed by atoms with Gasteiger partial charge in [0.25, 0.3) is 0 Å². The molecule has 0 aliphatic carbocycles. The van der Waals surface area contributed by atoms with Gasteiger partial charge in [-0.3, -0.25) is 4.79 Å². The normalized spacial score (nSPS) is 19.9. The number of hydrogen-bond acceptors (Lipinski definition) is 1. The summed E-state index contributed by atoms with van der Waals surface area (Å²) in [5.41, 5.74) is 1.09.